The van der Waals surface area contributed by atoms with E-state index in [0.717, 1.165) is 24.6 Å². The Bertz CT molecular complexity index is 297. The van der Waals surface area contributed by atoms with Crippen LogP contribution >= 0.6 is 0 Å². The highest BCUT2D eigenvalue weighted by Gasteiger charge is 2.13. The van der Waals surface area contributed by atoms with E-state index in [9.17, 15) is 0 Å². The summed E-state index contributed by atoms with van der Waals surface area (Å²) in [4.78, 5) is 10.7. The van der Waals surface area contributed by atoms with Crippen molar-refractivity contribution in [2.45, 2.75) is 19.4 Å². The second-order valence-electron chi connectivity index (χ2n) is 3.49. The van der Waals surface area contributed by atoms with E-state index in [1.807, 2.05) is 6.07 Å². The van der Waals surface area contributed by atoms with E-state index in [1.165, 1.54) is 12.8 Å². The van der Waals surface area contributed by atoms with Crippen LogP contribution in [0.1, 0.15) is 18.5 Å². The number of aromatic nitrogens is 2. The number of hydrogen-bond donors (Lipinski definition) is 0. The summed E-state index contributed by atoms with van der Waals surface area (Å²) in [6.45, 7) is 2.79. The number of hydrogen-bond acceptors (Lipinski definition) is 4. The van der Waals surface area contributed by atoms with Gasteiger partial charge in [0.25, 0.3) is 0 Å². The first kappa shape index (κ1) is 9.40. The van der Waals surface area contributed by atoms with Crippen LogP contribution in [0.2, 0.25) is 0 Å². The van der Waals surface area contributed by atoms with Gasteiger partial charge in [0.15, 0.2) is 0 Å². The van der Waals surface area contributed by atoms with Gasteiger partial charge in [-0.3, -0.25) is 0 Å². The Labute approximate surface area is 83.9 Å². The van der Waals surface area contributed by atoms with Crippen LogP contribution in [0.25, 0.3) is 0 Å². The van der Waals surface area contributed by atoms with Crippen molar-refractivity contribution in [3.63, 3.8) is 0 Å². The molecule has 1 fully saturated rings. The molecule has 0 bridgehead atoms. The summed E-state index contributed by atoms with van der Waals surface area (Å²) in [5.41, 5.74) is 0.949. The molecule has 4 heteroatoms. The smallest absolute Gasteiger partial charge is 0.132 e. The molecular weight excluding hydrogens is 178 g/mol. The zero-order chi connectivity index (χ0) is 9.80. The van der Waals surface area contributed by atoms with Crippen LogP contribution in [0.4, 0.5) is 5.82 Å². The predicted molar refractivity (Wildman–Crippen MR) is 54.2 cm³/mol. The molecule has 0 unspecified atom stereocenters. The third kappa shape index (κ3) is 2.01. The second-order valence-corrected chi connectivity index (χ2v) is 3.49. The number of nitrogens with zero attached hydrogens (tertiary/aromatic N) is 3. The van der Waals surface area contributed by atoms with Gasteiger partial charge in [0.2, 0.25) is 0 Å². The van der Waals surface area contributed by atoms with E-state index < -0.39 is 0 Å². The molecule has 1 saturated heterocycles. The van der Waals surface area contributed by atoms with Gasteiger partial charge in [-0.25, -0.2) is 9.97 Å². The van der Waals surface area contributed by atoms with E-state index in [1.54, 1.807) is 13.4 Å². The maximum Gasteiger partial charge on any atom is 0.132 e. The lowest BCUT2D eigenvalue weighted by molar-refractivity contribution is 0.181. The summed E-state index contributed by atoms with van der Waals surface area (Å²) in [5, 5.41) is 0. The van der Waals surface area contributed by atoms with E-state index in [4.69, 9.17) is 4.74 Å². The molecule has 76 valence electrons. The van der Waals surface area contributed by atoms with Crippen LogP contribution in [-0.4, -0.2) is 30.2 Å². The van der Waals surface area contributed by atoms with Crippen molar-refractivity contribution in [3.8, 4) is 0 Å². The van der Waals surface area contributed by atoms with Crippen molar-refractivity contribution in [2.24, 2.45) is 0 Å². The number of ether oxygens (including phenoxy) is 1. The molecule has 2 heterocycles. The first-order valence-corrected chi connectivity index (χ1v) is 4.95. The number of anilines is 1. The van der Waals surface area contributed by atoms with E-state index in [0.29, 0.717) is 6.61 Å². The molecule has 2 rings (SSSR count). The third-order valence-electron chi connectivity index (χ3n) is 2.43. The minimum atomic E-state index is 0.559. The van der Waals surface area contributed by atoms with Crippen LogP contribution in [-0.2, 0) is 11.3 Å². The van der Waals surface area contributed by atoms with Gasteiger partial charge in [-0.1, -0.05) is 0 Å². The van der Waals surface area contributed by atoms with Gasteiger partial charge in [-0.05, 0) is 12.8 Å². The van der Waals surface area contributed by atoms with Gasteiger partial charge in [0.1, 0.15) is 12.1 Å². The predicted octanol–water partition coefficient (Wildman–Crippen LogP) is 1.22. The lowest BCUT2D eigenvalue weighted by atomic mass is 10.4. The molecule has 1 aliphatic rings. The Morgan fingerprint density at radius 3 is 2.86 bits per heavy atom. The standard InChI is InChI=1S/C10H15N3O/c1-14-7-9-6-10(12-8-11-9)13-4-2-3-5-13/h6,8H,2-5,7H2,1H3. The molecule has 0 atom stereocenters. The third-order valence-corrected chi connectivity index (χ3v) is 2.43. The average molecular weight is 193 g/mol. The maximum absolute atomic E-state index is 5.04. The molecule has 0 aromatic carbocycles. The molecule has 14 heavy (non-hydrogen) atoms. The number of methoxy groups -OCH3 is 1. The van der Waals surface area contributed by atoms with Gasteiger partial charge in [-0.15, -0.1) is 0 Å². The highest BCUT2D eigenvalue weighted by Crippen LogP contribution is 2.17. The SMILES string of the molecule is COCc1cc(N2CCCC2)ncn1. The Hall–Kier alpha value is -1.16. The summed E-state index contributed by atoms with van der Waals surface area (Å²) in [5.74, 6) is 1.03. The molecule has 1 aliphatic heterocycles. The van der Waals surface area contributed by atoms with Crippen LogP contribution in [0.3, 0.4) is 0 Å². The summed E-state index contributed by atoms with van der Waals surface area (Å²) < 4.78 is 5.04. The molecule has 4 nitrogen and oxygen atoms in total. The molecule has 0 radical (unpaired) electrons. The van der Waals surface area contributed by atoms with Gasteiger partial charge < -0.3 is 9.64 Å². The highest BCUT2D eigenvalue weighted by molar-refractivity contribution is 5.39. The molecular formula is C10H15N3O. The minimum absolute atomic E-state index is 0.559. The van der Waals surface area contributed by atoms with Crippen molar-refractivity contribution >= 4 is 5.82 Å². The normalized spacial score (nSPS) is 16.2. The van der Waals surface area contributed by atoms with Crippen LogP contribution < -0.4 is 4.90 Å². The van der Waals surface area contributed by atoms with E-state index >= 15 is 0 Å². The Kier molecular flexibility index (Phi) is 2.93. The Morgan fingerprint density at radius 1 is 1.36 bits per heavy atom. The highest BCUT2D eigenvalue weighted by atomic mass is 16.5. The van der Waals surface area contributed by atoms with Crippen LogP contribution in [0.15, 0.2) is 12.4 Å². The fourth-order valence-corrected chi connectivity index (χ4v) is 1.73. The van der Waals surface area contributed by atoms with Crippen molar-refractivity contribution in [3.05, 3.63) is 18.1 Å². The van der Waals surface area contributed by atoms with Gasteiger partial charge >= 0.3 is 0 Å². The van der Waals surface area contributed by atoms with Crippen molar-refractivity contribution < 1.29 is 4.74 Å². The van der Waals surface area contributed by atoms with Crippen molar-refractivity contribution in [2.75, 3.05) is 25.1 Å². The molecule has 0 aliphatic carbocycles. The van der Waals surface area contributed by atoms with Gasteiger partial charge in [-0.2, -0.15) is 0 Å². The zero-order valence-electron chi connectivity index (χ0n) is 8.44. The zero-order valence-corrected chi connectivity index (χ0v) is 8.44. The molecule has 0 saturated carbocycles. The first-order valence-electron chi connectivity index (χ1n) is 4.95. The second kappa shape index (κ2) is 4.37. The van der Waals surface area contributed by atoms with Crippen LogP contribution in [0.5, 0.6) is 0 Å². The Balaban J connectivity index is 2.12. The van der Waals surface area contributed by atoms with Crippen molar-refractivity contribution in [1.82, 2.24) is 9.97 Å². The quantitative estimate of drug-likeness (QED) is 0.723. The Morgan fingerprint density at radius 2 is 2.14 bits per heavy atom. The number of rotatable bonds is 3. The van der Waals surface area contributed by atoms with Crippen LogP contribution in [0, 0.1) is 0 Å². The minimum Gasteiger partial charge on any atom is -0.378 e. The monoisotopic (exact) mass is 193 g/mol. The summed E-state index contributed by atoms with van der Waals surface area (Å²) in [7, 11) is 1.68. The fourth-order valence-electron chi connectivity index (χ4n) is 1.73. The molecule has 0 amide bonds. The molecule has 1 aromatic rings. The average Bonchev–Trinajstić information content (AvgIpc) is 2.71. The lowest BCUT2D eigenvalue weighted by Crippen LogP contribution is -2.19. The molecule has 0 spiro atoms. The van der Waals surface area contributed by atoms with E-state index in [-0.39, 0.29) is 0 Å². The maximum atomic E-state index is 5.04. The van der Waals surface area contributed by atoms with Crippen molar-refractivity contribution in [1.29, 1.82) is 0 Å². The van der Waals surface area contributed by atoms with Gasteiger partial charge in [0.05, 0.1) is 12.3 Å². The molecule has 1 aromatic heterocycles. The topological polar surface area (TPSA) is 38.2 Å². The van der Waals surface area contributed by atoms with E-state index in [2.05, 4.69) is 14.9 Å². The largest absolute Gasteiger partial charge is 0.378 e. The van der Waals surface area contributed by atoms with Gasteiger partial charge in [0, 0.05) is 26.3 Å². The summed E-state index contributed by atoms with van der Waals surface area (Å²) in [6, 6.07) is 2.01. The molecule has 0 N–H and O–H groups in total. The lowest BCUT2D eigenvalue weighted by Gasteiger charge is -2.16. The summed E-state index contributed by atoms with van der Waals surface area (Å²) >= 11 is 0. The summed E-state index contributed by atoms with van der Waals surface area (Å²) in [6.07, 6.45) is 4.15. The fraction of sp³-hybridized carbons (Fsp3) is 0.600. The first-order chi connectivity index (χ1) is 6.90.